The summed E-state index contributed by atoms with van der Waals surface area (Å²) in [6.07, 6.45) is 13.5. The quantitative estimate of drug-likeness (QED) is 0.627. The highest BCUT2D eigenvalue weighted by Gasteiger charge is 2.41. The Morgan fingerprint density at radius 1 is 1.19 bits per heavy atom. The van der Waals surface area contributed by atoms with Gasteiger partial charge in [-0.2, -0.15) is 5.10 Å². The Morgan fingerprint density at radius 3 is 2.69 bits per heavy atom. The van der Waals surface area contributed by atoms with Crippen molar-refractivity contribution in [2.45, 2.75) is 75.9 Å². The highest BCUT2D eigenvalue weighted by Crippen LogP contribution is 2.42. The topological polar surface area (TPSA) is 71.5 Å². The lowest BCUT2D eigenvalue weighted by molar-refractivity contribution is 0.0824. The maximum atomic E-state index is 6.23. The lowest BCUT2D eigenvalue weighted by Gasteiger charge is -2.41. The van der Waals surface area contributed by atoms with Crippen LogP contribution in [0, 0.1) is 5.92 Å². The molecule has 4 rings (SSSR count). The molecule has 1 saturated heterocycles. The maximum absolute atomic E-state index is 6.23. The Kier molecular flexibility index (Phi) is 5.48. The first-order chi connectivity index (χ1) is 12.7. The van der Waals surface area contributed by atoms with Crippen LogP contribution in [-0.2, 0) is 7.05 Å². The van der Waals surface area contributed by atoms with Crippen LogP contribution in [0.1, 0.15) is 69.5 Å². The van der Waals surface area contributed by atoms with Gasteiger partial charge in [-0.1, -0.05) is 19.3 Å². The number of nitrogens with zero attached hydrogens (tertiary/aromatic N) is 4. The van der Waals surface area contributed by atoms with Crippen LogP contribution in [0.25, 0.3) is 0 Å². The summed E-state index contributed by atoms with van der Waals surface area (Å²) in [6, 6.07) is 3.90. The highest BCUT2D eigenvalue weighted by molar-refractivity contribution is 5.78. The van der Waals surface area contributed by atoms with Crippen molar-refractivity contribution in [3.63, 3.8) is 0 Å². The van der Waals surface area contributed by atoms with E-state index in [-0.39, 0.29) is 0 Å². The number of nitrogens with two attached hydrogens (primary N) is 1. The van der Waals surface area contributed by atoms with Gasteiger partial charge in [-0.05, 0) is 57.1 Å². The number of hydrogen-bond donors (Lipinski definition) is 2. The molecule has 6 nitrogen and oxygen atoms in total. The summed E-state index contributed by atoms with van der Waals surface area (Å²) < 4.78 is 2.05. The standard InChI is InChI=1S/C20H34N6/c1-25-18(11-12-23-25)19-15(6-5-13-26(19)17-9-10-17)14-22-20(21)24-16-7-3-2-4-8-16/h11-12,15-17,19H,2-10,13-14H2,1H3,(H3,21,22,24)/t15-,19+/m0/s1. The number of guanidine groups is 1. The molecule has 3 fully saturated rings. The molecular weight excluding hydrogens is 324 g/mol. The SMILES string of the molecule is Cn1nccc1[C@H]1[C@H](CN=C(N)NC2CCCCC2)CCCN1C1CC1. The van der Waals surface area contributed by atoms with Crippen molar-refractivity contribution in [3.05, 3.63) is 18.0 Å². The molecule has 0 bridgehead atoms. The van der Waals surface area contributed by atoms with Gasteiger partial charge in [0, 0.05) is 31.9 Å². The van der Waals surface area contributed by atoms with Crippen molar-refractivity contribution in [2.75, 3.05) is 13.1 Å². The molecule has 1 aromatic heterocycles. The van der Waals surface area contributed by atoms with Crippen molar-refractivity contribution < 1.29 is 0 Å². The molecule has 144 valence electrons. The predicted octanol–water partition coefficient (Wildman–Crippen LogP) is 2.57. The normalized spacial score (nSPS) is 29.0. The van der Waals surface area contributed by atoms with Crippen LogP contribution in [0.4, 0.5) is 0 Å². The molecule has 0 radical (unpaired) electrons. The molecule has 2 saturated carbocycles. The average molecular weight is 359 g/mol. The van der Waals surface area contributed by atoms with Crippen molar-refractivity contribution >= 4 is 5.96 Å². The molecule has 0 amide bonds. The maximum Gasteiger partial charge on any atom is 0.188 e. The van der Waals surface area contributed by atoms with Gasteiger partial charge in [0.2, 0.25) is 0 Å². The van der Waals surface area contributed by atoms with E-state index in [0.29, 0.717) is 24.0 Å². The first-order valence-electron chi connectivity index (χ1n) is 10.5. The fourth-order valence-electron chi connectivity index (χ4n) is 4.91. The average Bonchev–Trinajstić information content (AvgIpc) is 3.42. The Bertz CT molecular complexity index is 614. The molecule has 0 spiro atoms. The molecule has 2 heterocycles. The van der Waals surface area contributed by atoms with E-state index in [1.54, 1.807) is 0 Å². The van der Waals surface area contributed by atoms with Crippen molar-refractivity contribution in [1.82, 2.24) is 20.0 Å². The van der Waals surface area contributed by atoms with Gasteiger partial charge >= 0.3 is 0 Å². The van der Waals surface area contributed by atoms with E-state index in [0.717, 1.165) is 12.6 Å². The largest absolute Gasteiger partial charge is 0.370 e. The third-order valence-electron chi connectivity index (χ3n) is 6.43. The molecule has 3 aliphatic rings. The Hall–Kier alpha value is -1.56. The molecule has 6 heteroatoms. The molecule has 2 atom stereocenters. The third kappa shape index (κ3) is 4.05. The van der Waals surface area contributed by atoms with Gasteiger partial charge in [0.1, 0.15) is 0 Å². The van der Waals surface area contributed by atoms with Crippen LogP contribution < -0.4 is 11.1 Å². The minimum atomic E-state index is 0.426. The zero-order chi connectivity index (χ0) is 17.9. The van der Waals surface area contributed by atoms with Crippen LogP contribution >= 0.6 is 0 Å². The van der Waals surface area contributed by atoms with E-state index < -0.39 is 0 Å². The smallest absolute Gasteiger partial charge is 0.188 e. The van der Waals surface area contributed by atoms with Crippen LogP contribution in [0.3, 0.4) is 0 Å². The minimum Gasteiger partial charge on any atom is -0.370 e. The molecule has 1 aromatic rings. The second-order valence-corrected chi connectivity index (χ2v) is 8.40. The van der Waals surface area contributed by atoms with Gasteiger partial charge in [0.15, 0.2) is 5.96 Å². The van der Waals surface area contributed by atoms with Gasteiger partial charge < -0.3 is 11.1 Å². The first-order valence-corrected chi connectivity index (χ1v) is 10.5. The fourth-order valence-corrected chi connectivity index (χ4v) is 4.91. The van der Waals surface area contributed by atoms with Gasteiger partial charge in [-0.3, -0.25) is 14.6 Å². The summed E-state index contributed by atoms with van der Waals surface area (Å²) in [5.74, 6) is 1.16. The Labute approximate surface area is 157 Å². The summed E-state index contributed by atoms with van der Waals surface area (Å²) in [4.78, 5) is 7.49. The number of likely N-dealkylation sites (tertiary alicyclic amines) is 1. The lowest BCUT2D eigenvalue weighted by atomic mass is 9.86. The number of aryl methyl sites for hydroxylation is 1. The zero-order valence-electron chi connectivity index (χ0n) is 16.1. The molecule has 0 unspecified atom stereocenters. The van der Waals surface area contributed by atoms with Crippen LogP contribution in [0.15, 0.2) is 17.3 Å². The van der Waals surface area contributed by atoms with E-state index in [1.807, 2.05) is 10.9 Å². The summed E-state index contributed by atoms with van der Waals surface area (Å²) in [7, 11) is 2.06. The number of rotatable bonds is 5. The van der Waals surface area contributed by atoms with E-state index >= 15 is 0 Å². The summed E-state index contributed by atoms with van der Waals surface area (Å²) in [6.45, 7) is 2.02. The molecule has 3 N–H and O–H groups in total. The van der Waals surface area contributed by atoms with Crippen molar-refractivity contribution in [3.8, 4) is 0 Å². The van der Waals surface area contributed by atoms with E-state index in [4.69, 9.17) is 10.7 Å². The Morgan fingerprint density at radius 2 is 2.00 bits per heavy atom. The number of hydrogen-bond acceptors (Lipinski definition) is 3. The lowest BCUT2D eigenvalue weighted by Crippen LogP contribution is -2.44. The summed E-state index contributed by atoms with van der Waals surface area (Å²) >= 11 is 0. The van der Waals surface area contributed by atoms with Gasteiger partial charge in [0.05, 0.1) is 11.7 Å². The van der Waals surface area contributed by atoms with Crippen LogP contribution in [0.5, 0.6) is 0 Å². The molecule has 1 aliphatic heterocycles. The van der Waals surface area contributed by atoms with Crippen LogP contribution in [-0.4, -0.2) is 45.8 Å². The first kappa shape index (κ1) is 17.8. The number of aromatic nitrogens is 2. The van der Waals surface area contributed by atoms with Crippen LogP contribution in [0.2, 0.25) is 0 Å². The second-order valence-electron chi connectivity index (χ2n) is 8.40. The monoisotopic (exact) mass is 358 g/mol. The molecule has 26 heavy (non-hydrogen) atoms. The van der Waals surface area contributed by atoms with E-state index in [9.17, 15) is 0 Å². The predicted molar refractivity (Wildman–Crippen MR) is 105 cm³/mol. The molecule has 2 aliphatic carbocycles. The third-order valence-corrected chi connectivity index (χ3v) is 6.43. The fraction of sp³-hybridized carbons (Fsp3) is 0.800. The van der Waals surface area contributed by atoms with E-state index in [1.165, 1.54) is 70.0 Å². The summed E-state index contributed by atoms with van der Waals surface area (Å²) in [5.41, 5.74) is 7.56. The summed E-state index contributed by atoms with van der Waals surface area (Å²) in [5, 5.41) is 7.89. The number of nitrogens with one attached hydrogen (secondary N) is 1. The van der Waals surface area contributed by atoms with Crippen molar-refractivity contribution in [1.29, 1.82) is 0 Å². The Balaban J connectivity index is 1.44. The number of piperidine rings is 1. The van der Waals surface area contributed by atoms with Gasteiger partial charge in [0.25, 0.3) is 0 Å². The van der Waals surface area contributed by atoms with Crippen molar-refractivity contribution in [2.24, 2.45) is 23.7 Å². The van der Waals surface area contributed by atoms with Gasteiger partial charge in [-0.15, -0.1) is 0 Å². The second kappa shape index (κ2) is 7.99. The number of aliphatic imine (C=N–C) groups is 1. The molecular formula is C20H34N6. The molecule has 0 aromatic carbocycles. The zero-order valence-corrected chi connectivity index (χ0v) is 16.1. The van der Waals surface area contributed by atoms with E-state index in [2.05, 4.69) is 28.4 Å². The highest BCUT2D eigenvalue weighted by atomic mass is 15.3. The van der Waals surface area contributed by atoms with Gasteiger partial charge in [-0.25, -0.2) is 0 Å². The minimum absolute atomic E-state index is 0.426.